The summed E-state index contributed by atoms with van der Waals surface area (Å²) in [7, 11) is 0. The van der Waals surface area contributed by atoms with Crippen LogP contribution in [0.5, 0.6) is 0 Å². The summed E-state index contributed by atoms with van der Waals surface area (Å²) in [5, 5.41) is 0. The van der Waals surface area contributed by atoms with Gasteiger partial charge in [0.05, 0.1) is 0 Å². The molecule has 1 heterocycles. The summed E-state index contributed by atoms with van der Waals surface area (Å²) in [6.07, 6.45) is 9.25. The average molecular weight is 449 g/mol. The maximum atomic E-state index is 2.62. The minimum atomic E-state index is 0. The number of rotatable bonds is 3. The number of fused-ring (bicyclic) bond motifs is 2. The van der Waals surface area contributed by atoms with Gasteiger partial charge in [-0.05, 0) is 37.3 Å². The van der Waals surface area contributed by atoms with E-state index in [2.05, 4.69) is 61.2 Å². The van der Waals surface area contributed by atoms with Crippen molar-refractivity contribution in [2.24, 2.45) is 0 Å². The fraction of sp³-hybridized carbons (Fsp3) is 0.412. The van der Waals surface area contributed by atoms with Crippen LogP contribution in [0.1, 0.15) is 25.8 Å². The summed E-state index contributed by atoms with van der Waals surface area (Å²) >= 11 is 0. The first-order chi connectivity index (χ1) is 9.35. The van der Waals surface area contributed by atoms with E-state index in [9.17, 15) is 0 Å². The first-order valence-electron chi connectivity index (χ1n) is 7.52. The normalized spacial score (nSPS) is 17.4. The summed E-state index contributed by atoms with van der Waals surface area (Å²) in [4.78, 5) is 2.62. The second-order valence-corrected chi connectivity index (χ2v) is 5.55. The van der Waals surface area contributed by atoms with E-state index < -0.39 is 0 Å². The van der Waals surface area contributed by atoms with E-state index in [1.807, 2.05) is 0 Å². The van der Waals surface area contributed by atoms with Crippen molar-refractivity contribution in [3.8, 4) is 0 Å². The zero-order valence-corrected chi connectivity index (χ0v) is 18.3. The van der Waals surface area contributed by atoms with Crippen LogP contribution in [0.25, 0.3) is 0 Å². The first kappa shape index (κ1) is 25.7. The van der Waals surface area contributed by atoms with Crippen LogP contribution in [0.4, 0.5) is 0 Å². The molecule has 2 aliphatic rings. The molecule has 1 aromatic rings. The Labute approximate surface area is 178 Å². The number of hydrogen-bond donors (Lipinski definition) is 0. The monoisotopic (exact) mass is 446 g/mol. The van der Waals surface area contributed by atoms with Crippen molar-refractivity contribution in [1.29, 1.82) is 0 Å². The predicted octanol–water partition coefficient (Wildman–Crippen LogP) is -5.95. The number of allylic oxidation sites excluding steroid dienone is 4. The summed E-state index contributed by atoms with van der Waals surface area (Å²) in [5.74, 6) is 0.680. The molecule has 0 saturated carbocycles. The molecule has 0 saturated heterocycles. The van der Waals surface area contributed by atoms with Crippen molar-refractivity contribution in [3.63, 3.8) is 0 Å². The summed E-state index contributed by atoms with van der Waals surface area (Å²) in [5.41, 5.74) is 4.71. The number of halogens is 3. The van der Waals surface area contributed by atoms with E-state index in [-0.39, 0.29) is 63.4 Å². The van der Waals surface area contributed by atoms with Gasteiger partial charge in [-0.2, -0.15) is 0 Å². The van der Waals surface area contributed by atoms with Gasteiger partial charge in [0, 0.05) is 0 Å². The fourth-order valence-electron chi connectivity index (χ4n) is 3.70. The van der Waals surface area contributed by atoms with E-state index >= 15 is 0 Å². The summed E-state index contributed by atoms with van der Waals surface area (Å²) in [6, 6.07) is 9.02. The fourth-order valence-corrected chi connectivity index (χ4v) is 3.70. The Morgan fingerprint density at radius 3 is 2.39 bits per heavy atom. The topological polar surface area (TPSA) is 3.24 Å². The van der Waals surface area contributed by atoms with Gasteiger partial charge in [-0.3, -0.25) is 0 Å². The zero-order chi connectivity index (χ0) is 13.2. The molecule has 1 radical (unpaired) electrons. The van der Waals surface area contributed by atoms with E-state index in [0.717, 1.165) is 19.5 Å². The van der Waals surface area contributed by atoms with E-state index in [1.165, 1.54) is 12.0 Å². The second kappa shape index (κ2) is 11.9. The van der Waals surface area contributed by atoms with Crippen LogP contribution in [0.15, 0.2) is 48.1 Å². The Morgan fingerprint density at radius 1 is 1.09 bits per heavy atom. The van der Waals surface area contributed by atoms with E-state index in [0.29, 0.717) is 12.7 Å². The van der Waals surface area contributed by atoms with Gasteiger partial charge in [-0.15, -0.1) is 0 Å². The van der Waals surface area contributed by atoms with E-state index in [4.69, 9.17) is 0 Å². The molecule has 23 heavy (non-hydrogen) atoms. The van der Waals surface area contributed by atoms with Gasteiger partial charge in [-0.1, -0.05) is 67.4 Å². The molecule has 0 fully saturated rings. The van der Waals surface area contributed by atoms with Crippen LogP contribution >= 0.6 is 0 Å². The third-order valence-electron chi connectivity index (χ3n) is 4.67. The Kier molecular flexibility index (Phi) is 13.3. The number of nitrogens with zero attached hydrogens (tertiary/aromatic N) is 1. The Balaban J connectivity index is 0. The molecule has 0 spiro atoms. The Bertz CT molecular complexity index is 532. The third kappa shape index (κ3) is 5.22. The molecule has 1 aromatic carbocycles. The van der Waals surface area contributed by atoms with Gasteiger partial charge < -0.3 is 42.0 Å². The van der Waals surface area contributed by atoms with Crippen LogP contribution in [0, 0.1) is 0 Å². The summed E-state index contributed by atoms with van der Waals surface area (Å²) in [6.45, 7) is 7.38. The van der Waals surface area contributed by atoms with Crippen molar-refractivity contribution >= 4 is 12.3 Å². The first-order valence-corrected chi connectivity index (χ1v) is 7.52. The van der Waals surface area contributed by atoms with Crippen molar-refractivity contribution in [2.45, 2.75) is 32.5 Å². The van der Waals surface area contributed by atoms with Crippen molar-refractivity contribution in [1.82, 2.24) is 4.81 Å². The molecular weight excluding hydrogens is 427 g/mol. The molecule has 6 heteroatoms. The molecule has 3 rings (SSSR count). The van der Waals surface area contributed by atoms with Crippen molar-refractivity contribution in [2.75, 3.05) is 13.1 Å². The standard InChI is InChI=1S/C17H22BN.3ClH.Zr/c1-3-19(4-2)18-16-11-7-5-9-14(16)13-15-10-6-8-12-17(15)18;;;;/h5-11,17H,3-4,12-13H2,1-2H3;3*1H;/q;;;;+3/p-3. The predicted molar refractivity (Wildman–Crippen MR) is 84.0 cm³/mol. The third-order valence-corrected chi connectivity index (χ3v) is 4.67. The molecule has 123 valence electrons. The van der Waals surface area contributed by atoms with Crippen LogP contribution in [-0.2, 0) is 32.6 Å². The Hall–Kier alpha value is 0.478. The van der Waals surface area contributed by atoms with Gasteiger partial charge in [-0.25, -0.2) is 0 Å². The van der Waals surface area contributed by atoms with Crippen LogP contribution in [0.2, 0.25) is 5.82 Å². The average Bonchev–Trinajstić information content (AvgIpc) is 2.47. The molecule has 1 nitrogen and oxygen atoms in total. The van der Waals surface area contributed by atoms with Gasteiger partial charge in [0.1, 0.15) is 0 Å². The minimum absolute atomic E-state index is 0. The summed E-state index contributed by atoms with van der Waals surface area (Å²) < 4.78 is 0. The molecule has 1 atom stereocenters. The smallest absolute Gasteiger partial charge is 1.00 e. The van der Waals surface area contributed by atoms with E-state index in [1.54, 1.807) is 11.0 Å². The van der Waals surface area contributed by atoms with Gasteiger partial charge in [0.25, 0.3) is 6.85 Å². The zero-order valence-electron chi connectivity index (χ0n) is 13.6. The molecule has 0 bridgehead atoms. The van der Waals surface area contributed by atoms with Crippen LogP contribution in [0.3, 0.4) is 0 Å². The second-order valence-electron chi connectivity index (χ2n) is 5.55. The van der Waals surface area contributed by atoms with Gasteiger partial charge in [0.2, 0.25) is 0 Å². The number of hydrogen-bond acceptors (Lipinski definition) is 1. The number of benzene rings is 1. The van der Waals surface area contributed by atoms with Crippen LogP contribution < -0.4 is 42.7 Å². The molecule has 0 N–H and O–H groups in total. The van der Waals surface area contributed by atoms with Crippen molar-refractivity contribution in [3.05, 3.63) is 53.6 Å². The maximum Gasteiger partial charge on any atom is 3.00 e. The van der Waals surface area contributed by atoms with Gasteiger partial charge in [0.15, 0.2) is 0 Å². The Morgan fingerprint density at radius 2 is 1.74 bits per heavy atom. The van der Waals surface area contributed by atoms with Crippen molar-refractivity contribution < 1.29 is 63.4 Å². The molecule has 0 aromatic heterocycles. The maximum absolute atomic E-state index is 2.62. The SMILES string of the molecule is CCN(CC)B1c2ccccc2CC2=CC=CCC12.[Cl-].[Cl-].[Cl-].[Zr+3]. The largest absolute Gasteiger partial charge is 3.00 e. The minimum Gasteiger partial charge on any atom is -1.00 e. The molecule has 1 unspecified atom stereocenters. The van der Waals surface area contributed by atoms with Crippen LogP contribution in [-0.4, -0.2) is 24.7 Å². The quantitative estimate of drug-likeness (QED) is 0.417. The van der Waals surface area contributed by atoms with Gasteiger partial charge >= 0.3 is 26.2 Å². The molecule has 0 amide bonds. The molecular formula is C17H22BCl3NZr. The molecule has 1 aliphatic heterocycles. The molecule has 1 aliphatic carbocycles.